The maximum absolute atomic E-state index is 12.0. The molecule has 0 aliphatic carbocycles. The van der Waals surface area contributed by atoms with E-state index in [2.05, 4.69) is 15.1 Å². The van der Waals surface area contributed by atoms with Crippen LogP contribution in [0.2, 0.25) is 0 Å². The van der Waals surface area contributed by atoms with Crippen LogP contribution in [0.3, 0.4) is 0 Å². The second kappa shape index (κ2) is 8.43. The topological polar surface area (TPSA) is 78.1 Å². The number of carbonyl (C=O) groups excluding carboxylic acids is 1. The molecule has 3 rings (SSSR count). The lowest BCUT2D eigenvalue weighted by molar-refractivity contribution is -0.149. The number of hydrogen-bond donors (Lipinski definition) is 0. The summed E-state index contributed by atoms with van der Waals surface area (Å²) in [7, 11) is 0. The molecule has 0 bridgehead atoms. The number of rotatable bonds is 7. The van der Waals surface area contributed by atoms with E-state index in [1.807, 2.05) is 36.4 Å². The summed E-state index contributed by atoms with van der Waals surface area (Å²) in [4.78, 5) is 21.4. The molecule has 2 heterocycles. The fourth-order valence-corrected chi connectivity index (χ4v) is 2.94. The predicted molar refractivity (Wildman–Crippen MR) is 93.8 cm³/mol. The van der Waals surface area contributed by atoms with Crippen molar-refractivity contribution in [3.63, 3.8) is 0 Å². The SMILES string of the molecule is CC(OC(=O)CCSc1ccccc1)c1nc(-c2cccnc2)no1. The van der Waals surface area contributed by atoms with E-state index in [1.54, 1.807) is 37.1 Å². The number of nitrogens with zero attached hydrogens (tertiary/aromatic N) is 3. The number of aromatic nitrogens is 3. The number of esters is 1. The molecule has 1 atom stereocenters. The van der Waals surface area contributed by atoms with E-state index in [0.29, 0.717) is 18.0 Å². The summed E-state index contributed by atoms with van der Waals surface area (Å²) < 4.78 is 10.5. The van der Waals surface area contributed by atoms with Gasteiger partial charge in [0.1, 0.15) is 0 Å². The van der Waals surface area contributed by atoms with Crippen molar-refractivity contribution in [1.82, 2.24) is 15.1 Å². The Labute approximate surface area is 149 Å². The van der Waals surface area contributed by atoms with Gasteiger partial charge in [0.15, 0.2) is 6.10 Å². The molecular formula is C18H17N3O3S. The van der Waals surface area contributed by atoms with E-state index in [1.165, 1.54) is 0 Å². The van der Waals surface area contributed by atoms with E-state index >= 15 is 0 Å². The van der Waals surface area contributed by atoms with Crippen LogP contribution in [0.4, 0.5) is 0 Å². The van der Waals surface area contributed by atoms with Crippen molar-refractivity contribution >= 4 is 17.7 Å². The van der Waals surface area contributed by atoms with E-state index < -0.39 is 6.10 Å². The summed E-state index contributed by atoms with van der Waals surface area (Å²) in [6, 6.07) is 13.5. The second-order valence-corrected chi connectivity index (χ2v) is 6.41. The lowest BCUT2D eigenvalue weighted by atomic mass is 10.3. The van der Waals surface area contributed by atoms with E-state index in [-0.39, 0.29) is 11.9 Å². The van der Waals surface area contributed by atoms with Gasteiger partial charge < -0.3 is 9.26 Å². The minimum atomic E-state index is -0.591. The molecule has 1 aromatic carbocycles. The summed E-state index contributed by atoms with van der Waals surface area (Å²) in [6.45, 7) is 1.71. The van der Waals surface area contributed by atoms with E-state index in [4.69, 9.17) is 9.26 Å². The fraction of sp³-hybridized carbons (Fsp3) is 0.222. The van der Waals surface area contributed by atoms with Gasteiger partial charge in [0.2, 0.25) is 5.82 Å². The first-order valence-electron chi connectivity index (χ1n) is 7.83. The highest BCUT2D eigenvalue weighted by atomic mass is 32.2. The van der Waals surface area contributed by atoms with Crippen LogP contribution in [0.5, 0.6) is 0 Å². The average molecular weight is 355 g/mol. The van der Waals surface area contributed by atoms with Crippen LogP contribution in [0.15, 0.2) is 64.3 Å². The Kier molecular flexibility index (Phi) is 5.79. The molecule has 0 saturated heterocycles. The largest absolute Gasteiger partial charge is 0.453 e. The van der Waals surface area contributed by atoms with Crippen molar-refractivity contribution in [2.24, 2.45) is 0 Å². The van der Waals surface area contributed by atoms with Gasteiger partial charge in [0, 0.05) is 28.6 Å². The zero-order valence-corrected chi connectivity index (χ0v) is 14.5. The Bertz CT molecular complexity index is 809. The zero-order chi connectivity index (χ0) is 17.5. The standard InChI is InChI=1S/C18H17N3O3S/c1-13(18-20-17(21-24-18)14-6-5-10-19-12-14)23-16(22)9-11-25-15-7-3-2-4-8-15/h2-8,10,12-13H,9,11H2,1H3. The van der Waals surface area contributed by atoms with Crippen LogP contribution in [0.1, 0.15) is 25.3 Å². The number of carbonyl (C=O) groups is 1. The van der Waals surface area contributed by atoms with Crippen LogP contribution in [0, 0.1) is 0 Å². The first kappa shape index (κ1) is 17.2. The Balaban J connectivity index is 1.49. The van der Waals surface area contributed by atoms with E-state index in [0.717, 1.165) is 10.5 Å². The summed E-state index contributed by atoms with van der Waals surface area (Å²) >= 11 is 1.61. The molecule has 0 N–H and O–H groups in total. The lowest BCUT2D eigenvalue weighted by Gasteiger charge is -2.08. The van der Waals surface area contributed by atoms with Crippen molar-refractivity contribution in [2.45, 2.75) is 24.3 Å². The van der Waals surface area contributed by atoms with Gasteiger partial charge in [-0.2, -0.15) is 4.98 Å². The molecular weight excluding hydrogens is 338 g/mol. The first-order chi connectivity index (χ1) is 12.2. The molecule has 0 spiro atoms. The van der Waals surface area contributed by atoms with Gasteiger partial charge in [-0.1, -0.05) is 23.4 Å². The maximum atomic E-state index is 12.0. The van der Waals surface area contributed by atoms with Gasteiger partial charge in [-0.25, -0.2) is 0 Å². The van der Waals surface area contributed by atoms with Crippen molar-refractivity contribution in [3.05, 3.63) is 60.7 Å². The molecule has 128 valence electrons. The third-order valence-corrected chi connectivity index (χ3v) is 4.35. The number of hydrogen-bond acceptors (Lipinski definition) is 7. The number of thioether (sulfide) groups is 1. The Morgan fingerprint density at radius 3 is 2.84 bits per heavy atom. The molecule has 0 amide bonds. The van der Waals surface area contributed by atoms with Gasteiger partial charge in [0.25, 0.3) is 5.89 Å². The number of pyridine rings is 1. The summed E-state index contributed by atoms with van der Waals surface area (Å²) in [5, 5.41) is 3.90. The minimum Gasteiger partial charge on any atom is -0.453 e. The van der Waals surface area contributed by atoms with E-state index in [9.17, 15) is 4.79 Å². The Hall–Kier alpha value is -2.67. The highest BCUT2D eigenvalue weighted by Gasteiger charge is 2.19. The highest BCUT2D eigenvalue weighted by molar-refractivity contribution is 7.99. The first-order valence-corrected chi connectivity index (χ1v) is 8.82. The third-order valence-electron chi connectivity index (χ3n) is 3.34. The van der Waals surface area contributed by atoms with Gasteiger partial charge in [-0.05, 0) is 31.2 Å². The van der Waals surface area contributed by atoms with Gasteiger partial charge in [-0.3, -0.25) is 9.78 Å². The molecule has 0 radical (unpaired) electrons. The van der Waals surface area contributed by atoms with Gasteiger partial charge in [0.05, 0.1) is 6.42 Å². The molecule has 3 aromatic rings. The van der Waals surface area contributed by atoms with Crippen LogP contribution in [-0.4, -0.2) is 26.8 Å². The summed E-state index contributed by atoms with van der Waals surface area (Å²) in [5.74, 6) is 1.05. The number of benzene rings is 1. The molecule has 1 unspecified atom stereocenters. The second-order valence-electron chi connectivity index (χ2n) is 5.24. The van der Waals surface area contributed by atoms with Gasteiger partial charge >= 0.3 is 5.97 Å². The maximum Gasteiger partial charge on any atom is 0.307 e. The molecule has 0 fully saturated rings. The van der Waals surface area contributed by atoms with Gasteiger partial charge in [-0.15, -0.1) is 11.8 Å². The number of ether oxygens (including phenoxy) is 1. The zero-order valence-electron chi connectivity index (χ0n) is 13.7. The van der Waals surface area contributed by atoms with Crippen LogP contribution in [0.25, 0.3) is 11.4 Å². The molecule has 0 aliphatic rings. The third kappa shape index (κ3) is 4.90. The van der Waals surface area contributed by atoms with Crippen LogP contribution >= 0.6 is 11.8 Å². The summed E-state index contributed by atoms with van der Waals surface area (Å²) in [6.07, 6.45) is 3.04. The van der Waals surface area contributed by atoms with Crippen molar-refractivity contribution in [3.8, 4) is 11.4 Å². The highest BCUT2D eigenvalue weighted by Crippen LogP contribution is 2.22. The quantitative estimate of drug-likeness (QED) is 0.469. The fourth-order valence-electron chi connectivity index (χ4n) is 2.09. The summed E-state index contributed by atoms with van der Waals surface area (Å²) in [5.41, 5.74) is 0.746. The Morgan fingerprint density at radius 2 is 2.08 bits per heavy atom. The average Bonchev–Trinajstić information content (AvgIpc) is 3.14. The smallest absolute Gasteiger partial charge is 0.307 e. The molecule has 0 aliphatic heterocycles. The van der Waals surface area contributed by atoms with Crippen molar-refractivity contribution < 1.29 is 14.1 Å². The molecule has 2 aromatic heterocycles. The van der Waals surface area contributed by atoms with Crippen molar-refractivity contribution in [2.75, 3.05) is 5.75 Å². The Morgan fingerprint density at radius 1 is 1.24 bits per heavy atom. The molecule has 7 heteroatoms. The van der Waals surface area contributed by atoms with Crippen molar-refractivity contribution in [1.29, 1.82) is 0 Å². The normalized spacial score (nSPS) is 11.9. The molecule has 6 nitrogen and oxygen atoms in total. The minimum absolute atomic E-state index is 0.267. The van der Waals surface area contributed by atoms with Crippen LogP contribution in [-0.2, 0) is 9.53 Å². The predicted octanol–water partition coefficient (Wildman–Crippen LogP) is 3.92. The molecule has 25 heavy (non-hydrogen) atoms. The monoisotopic (exact) mass is 355 g/mol. The van der Waals surface area contributed by atoms with Crippen LogP contribution < -0.4 is 0 Å². The lowest BCUT2D eigenvalue weighted by Crippen LogP contribution is -2.09. The molecule has 0 saturated carbocycles.